The van der Waals surface area contributed by atoms with Gasteiger partial charge in [0.2, 0.25) is 5.91 Å². The molecule has 0 radical (unpaired) electrons. The average molecular weight is 368 g/mol. The number of aromatic nitrogens is 1. The monoisotopic (exact) mass is 368 g/mol. The molecule has 0 saturated heterocycles. The Kier molecular flexibility index (Phi) is 5.76. The maximum atomic E-state index is 12.9. The van der Waals surface area contributed by atoms with Crippen molar-refractivity contribution in [3.05, 3.63) is 82.1 Å². The van der Waals surface area contributed by atoms with Crippen molar-refractivity contribution >= 4 is 23.3 Å². The van der Waals surface area contributed by atoms with E-state index < -0.39 is 0 Å². The summed E-state index contributed by atoms with van der Waals surface area (Å²) in [6.45, 7) is 2.33. The van der Waals surface area contributed by atoms with E-state index in [1.54, 1.807) is 41.7 Å². The van der Waals surface area contributed by atoms with Crippen LogP contribution in [0.1, 0.15) is 16.3 Å². The van der Waals surface area contributed by atoms with E-state index in [2.05, 4.69) is 10.3 Å². The first-order valence-electron chi connectivity index (χ1n) is 7.99. The smallest absolute Gasteiger partial charge is 0.244 e. The van der Waals surface area contributed by atoms with E-state index in [1.165, 1.54) is 18.2 Å². The molecule has 2 aromatic carbocycles. The van der Waals surface area contributed by atoms with Gasteiger partial charge < -0.3 is 10.1 Å². The van der Waals surface area contributed by atoms with Crippen LogP contribution in [-0.2, 0) is 11.3 Å². The highest BCUT2D eigenvalue weighted by Crippen LogP contribution is 2.21. The van der Waals surface area contributed by atoms with Crippen LogP contribution < -0.4 is 10.1 Å². The normalized spacial score (nSPS) is 10.8. The van der Waals surface area contributed by atoms with Crippen LogP contribution in [0.2, 0.25) is 0 Å². The van der Waals surface area contributed by atoms with Crippen molar-refractivity contribution in [3.63, 3.8) is 0 Å². The zero-order valence-electron chi connectivity index (χ0n) is 14.1. The van der Waals surface area contributed by atoms with E-state index in [9.17, 15) is 9.18 Å². The zero-order valence-corrected chi connectivity index (χ0v) is 14.9. The molecule has 0 saturated carbocycles. The molecule has 0 aliphatic heterocycles. The van der Waals surface area contributed by atoms with Gasteiger partial charge in [0.25, 0.3) is 0 Å². The molecular formula is C20H17FN2O2S. The number of thiazole rings is 1. The molecule has 3 rings (SSSR count). The van der Waals surface area contributed by atoms with Gasteiger partial charge in [0.05, 0.1) is 10.7 Å². The number of nitrogens with zero attached hydrogens (tertiary/aromatic N) is 1. The van der Waals surface area contributed by atoms with Gasteiger partial charge in [-0.2, -0.15) is 0 Å². The van der Waals surface area contributed by atoms with E-state index in [0.717, 1.165) is 16.3 Å². The highest BCUT2D eigenvalue weighted by Gasteiger charge is 2.01. The molecule has 0 unspecified atom stereocenters. The average Bonchev–Trinajstić information content (AvgIpc) is 3.07. The van der Waals surface area contributed by atoms with Crippen LogP contribution in [0.4, 0.5) is 4.39 Å². The summed E-state index contributed by atoms with van der Waals surface area (Å²) < 4.78 is 18.5. The molecule has 1 heterocycles. The molecule has 0 aliphatic rings. The van der Waals surface area contributed by atoms with Crippen LogP contribution in [0.3, 0.4) is 0 Å². The quantitative estimate of drug-likeness (QED) is 0.641. The van der Waals surface area contributed by atoms with Crippen molar-refractivity contribution in [2.45, 2.75) is 13.5 Å². The first-order chi connectivity index (χ1) is 12.6. The van der Waals surface area contributed by atoms with Crippen LogP contribution in [0, 0.1) is 12.7 Å². The number of nitrogens with one attached hydrogen (secondary N) is 1. The molecule has 26 heavy (non-hydrogen) atoms. The van der Waals surface area contributed by atoms with Crippen molar-refractivity contribution in [1.29, 1.82) is 0 Å². The van der Waals surface area contributed by atoms with Crippen molar-refractivity contribution < 1.29 is 13.9 Å². The minimum atomic E-state index is -0.303. The van der Waals surface area contributed by atoms with Gasteiger partial charge in [0, 0.05) is 18.0 Å². The molecule has 0 bridgehead atoms. The van der Waals surface area contributed by atoms with Crippen LogP contribution in [0.15, 0.2) is 60.0 Å². The fourth-order valence-electron chi connectivity index (χ4n) is 2.18. The van der Waals surface area contributed by atoms with Crippen molar-refractivity contribution in [2.24, 2.45) is 0 Å². The molecule has 6 heteroatoms. The molecular weight excluding hydrogens is 351 g/mol. The Morgan fingerprint density at radius 3 is 2.42 bits per heavy atom. The van der Waals surface area contributed by atoms with Gasteiger partial charge in [0.1, 0.15) is 17.3 Å². The summed E-state index contributed by atoms with van der Waals surface area (Å²) in [6.07, 6.45) is 3.17. The lowest BCUT2D eigenvalue weighted by Crippen LogP contribution is -2.20. The third-order valence-corrected chi connectivity index (χ3v) is 4.27. The van der Waals surface area contributed by atoms with E-state index in [0.29, 0.717) is 18.0 Å². The lowest BCUT2D eigenvalue weighted by atomic mass is 10.2. The molecule has 3 aromatic rings. The maximum absolute atomic E-state index is 12.9. The summed E-state index contributed by atoms with van der Waals surface area (Å²) in [6, 6.07) is 13.2. The van der Waals surface area contributed by atoms with Crippen molar-refractivity contribution in [3.8, 4) is 11.5 Å². The summed E-state index contributed by atoms with van der Waals surface area (Å²) in [7, 11) is 0. The Bertz CT molecular complexity index is 902. The Hall–Kier alpha value is -2.99. The number of aryl methyl sites for hydroxylation is 1. The third-order valence-electron chi connectivity index (χ3n) is 3.48. The van der Waals surface area contributed by atoms with Crippen LogP contribution in [-0.4, -0.2) is 10.9 Å². The molecule has 1 aromatic heterocycles. The summed E-state index contributed by atoms with van der Waals surface area (Å²) in [5.41, 5.74) is 1.73. The highest BCUT2D eigenvalue weighted by molar-refractivity contribution is 7.09. The first-order valence-corrected chi connectivity index (χ1v) is 8.87. The lowest BCUT2D eigenvalue weighted by molar-refractivity contribution is -0.116. The van der Waals surface area contributed by atoms with Gasteiger partial charge >= 0.3 is 0 Å². The maximum Gasteiger partial charge on any atom is 0.244 e. The molecule has 4 nitrogen and oxygen atoms in total. The molecule has 132 valence electrons. The SMILES string of the molecule is Cc1nc(/C=C/C(=O)NCc2ccc(Oc3ccc(F)cc3)cc2)cs1. The minimum absolute atomic E-state index is 0.178. The number of hydrogen-bond acceptors (Lipinski definition) is 4. The summed E-state index contributed by atoms with van der Waals surface area (Å²) in [5.74, 6) is 0.727. The van der Waals surface area contributed by atoms with Gasteiger partial charge in [-0.3, -0.25) is 4.79 Å². The number of benzene rings is 2. The summed E-state index contributed by atoms with van der Waals surface area (Å²) >= 11 is 1.54. The van der Waals surface area contributed by atoms with Crippen LogP contribution >= 0.6 is 11.3 Å². The lowest BCUT2D eigenvalue weighted by Gasteiger charge is -2.07. The fraction of sp³-hybridized carbons (Fsp3) is 0.100. The molecule has 0 fully saturated rings. The van der Waals surface area contributed by atoms with Gasteiger partial charge in [-0.05, 0) is 55.0 Å². The predicted octanol–water partition coefficient (Wildman–Crippen LogP) is 4.71. The minimum Gasteiger partial charge on any atom is -0.457 e. The number of carbonyl (C=O) groups excluding carboxylic acids is 1. The number of rotatable bonds is 6. The fourth-order valence-corrected chi connectivity index (χ4v) is 2.76. The summed E-state index contributed by atoms with van der Waals surface area (Å²) in [5, 5.41) is 5.69. The van der Waals surface area contributed by atoms with E-state index in [1.807, 2.05) is 24.4 Å². The Balaban J connectivity index is 1.50. The molecule has 1 N–H and O–H groups in total. The van der Waals surface area contributed by atoms with Crippen LogP contribution in [0.25, 0.3) is 6.08 Å². The second-order valence-electron chi connectivity index (χ2n) is 5.54. The topological polar surface area (TPSA) is 51.2 Å². The van der Waals surface area contributed by atoms with Crippen molar-refractivity contribution in [2.75, 3.05) is 0 Å². The highest BCUT2D eigenvalue weighted by atomic mass is 32.1. The number of carbonyl (C=O) groups is 1. The Morgan fingerprint density at radius 2 is 1.81 bits per heavy atom. The largest absolute Gasteiger partial charge is 0.457 e. The molecule has 0 atom stereocenters. The third kappa shape index (κ3) is 5.26. The predicted molar refractivity (Wildman–Crippen MR) is 101 cm³/mol. The van der Waals surface area contributed by atoms with Crippen molar-refractivity contribution in [1.82, 2.24) is 10.3 Å². The molecule has 0 spiro atoms. The standard InChI is InChI=1S/C20H17FN2O2S/c1-14-23-17(13-26-14)6-11-20(24)22-12-15-2-7-18(8-3-15)25-19-9-4-16(21)5-10-19/h2-11,13H,12H2,1H3,(H,22,24)/b11-6+. The van der Waals surface area contributed by atoms with E-state index >= 15 is 0 Å². The number of ether oxygens (including phenoxy) is 1. The number of hydrogen-bond donors (Lipinski definition) is 1. The van der Waals surface area contributed by atoms with Gasteiger partial charge in [0.15, 0.2) is 0 Å². The first kappa shape index (κ1) is 17.8. The van der Waals surface area contributed by atoms with E-state index in [4.69, 9.17) is 4.74 Å². The van der Waals surface area contributed by atoms with Gasteiger partial charge in [-0.25, -0.2) is 9.37 Å². The number of halogens is 1. The summed E-state index contributed by atoms with van der Waals surface area (Å²) in [4.78, 5) is 16.1. The van der Waals surface area contributed by atoms with Gasteiger partial charge in [-0.15, -0.1) is 11.3 Å². The molecule has 0 aliphatic carbocycles. The van der Waals surface area contributed by atoms with E-state index in [-0.39, 0.29) is 11.7 Å². The Morgan fingerprint density at radius 1 is 1.15 bits per heavy atom. The second kappa shape index (κ2) is 8.40. The van der Waals surface area contributed by atoms with Crippen LogP contribution in [0.5, 0.6) is 11.5 Å². The molecule has 1 amide bonds. The van der Waals surface area contributed by atoms with Gasteiger partial charge in [-0.1, -0.05) is 12.1 Å². The number of amides is 1. The zero-order chi connectivity index (χ0) is 18.4. The second-order valence-corrected chi connectivity index (χ2v) is 6.60. The Labute approximate surface area is 155 Å².